The van der Waals surface area contributed by atoms with Crippen LogP contribution < -0.4 is 5.32 Å². The number of halogens is 2. The molecule has 0 bridgehead atoms. The first kappa shape index (κ1) is 14.2. The van der Waals surface area contributed by atoms with Gasteiger partial charge < -0.3 is 10.1 Å². The van der Waals surface area contributed by atoms with Gasteiger partial charge in [0.15, 0.2) is 0 Å². The lowest BCUT2D eigenvalue weighted by molar-refractivity contribution is -0.384. The molecule has 0 spiro atoms. The van der Waals surface area contributed by atoms with Crippen LogP contribution in [0.4, 0.5) is 15.8 Å². The molecule has 2 rings (SSSR count). The average Bonchev–Trinajstić information content (AvgIpc) is 2.80. The number of nitro benzene ring substituents is 1. The van der Waals surface area contributed by atoms with Crippen LogP contribution in [-0.2, 0) is 4.74 Å². The Labute approximate surface area is 118 Å². The van der Waals surface area contributed by atoms with Gasteiger partial charge in [-0.1, -0.05) is 0 Å². The van der Waals surface area contributed by atoms with E-state index in [1.165, 1.54) is 6.07 Å². The highest BCUT2D eigenvalue weighted by molar-refractivity contribution is 9.10. The van der Waals surface area contributed by atoms with Gasteiger partial charge in [0.25, 0.3) is 5.69 Å². The summed E-state index contributed by atoms with van der Waals surface area (Å²) in [4.78, 5) is 10.5. The fourth-order valence-corrected chi connectivity index (χ4v) is 2.71. The van der Waals surface area contributed by atoms with Gasteiger partial charge in [-0.3, -0.25) is 10.1 Å². The van der Waals surface area contributed by atoms with Crippen LogP contribution in [0, 0.1) is 15.9 Å². The van der Waals surface area contributed by atoms with Crippen molar-refractivity contribution in [2.24, 2.45) is 0 Å². The Hall–Kier alpha value is -1.21. The van der Waals surface area contributed by atoms with E-state index in [0.717, 1.165) is 25.3 Å². The van der Waals surface area contributed by atoms with Gasteiger partial charge in [0.2, 0.25) is 0 Å². The number of ether oxygens (including phenoxy) is 1. The predicted octanol–water partition coefficient (Wildman–Crippen LogP) is 3.48. The normalized spacial score (nSPS) is 22.5. The predicted molar refractivity (Wildman–Crippen MR) is 72.8 cm³/mol. The summed E-state index contributed by atoms with van der Waals surface area (Å²) in [6.45, 7) is 0. The highest BCUT2D eigenvalue weighted by atomic mass is 79.9. The first-order chi connectivity index (χ1) is 9.02. The van der Waals surface area contributed by atoms with Crippen molar-refractivity contribution in [2.45, 2.75) is 31.4 Å². The molecular formula is C12H14BrFN2O3. The van der Waals surface area contributed by atoms with Crippen molar-refractivity contribution in [3.63, 3.8) is 0 Å². The van der Waals surface area contributed by atoms with Gasteiger partial charge in [-0.05, 0) is 35.2 Å². The van der Waals surface area contributed by atoms with E-state index >= 15 is 0 Å². The zero-order valence-corrected chi connectivity index (χ0v) is 11.9. The summed E-state index contributed by atoms with van der Waals surface area (Å²) in [7, 11) is 1.61. The lowest BCUT2D eigenvalue weighted by Gasteiger charge is -2.20. The Kier molecular flexibility index (Phi) is 4.36. The lowest BCUT2D eigenvalue weighted by atomic mass is 10.2. The van der Waals surface area contributed by atoms with E-state index in [4.69, 9.17) is 4.74 Å². The molecule has 7 heteroatoms. The minimum atomic E-state index is -0.528. The molecule has 1 aliphatic rings. The molecule has 2 unspecified atom stereocenters. The van der Waals surface area contributed by atoms with Gasteiger partial charge in [0, 0.05) is 19.2 Å². The maximum atomic E-state index is 13.5. The number of anilines is 1. The number of nitro groups is 1. The van der Waals surface area contributed by atoms with Crippen LogP contribution >= 0.6 is 15.9 Å². The van der Waals surface area contributed by atoms with Gasteiger partial charge in [-0.2, -0.15) is 0 Å². The molecule has 0 saturated heterocycles. The van der Waals surface area contributed by atoms with Crippen LogP contribution in [0.2, 0.25) is 0 Å². The van der Waals surface area contributed by atoms with Crippen molar-refractivity contribution in [3.8, 4) is 0 Å². The molecule has 1 N–H and O–H groups in total. The summed E-state index contributed by atoms with van der Waals surface area (Å²) >= 11 is 2.95. The minimum absolute atomic E-state index is 0.00584. The van der Waals surface area contributed by atoms with Gasteiger partial charge in [-0.25, -0.2) is 4.39 Å². The second-order valence-electron chi connectivity index (χ2n) is 4.50. The number of rotatable bonds is 4. The van der Waals surface area contributed by atoms with Crippen LogP contribution in [0.25, 0.3) is 0 Å². The van der Waals surface area contributed by atoms with Gasteiger partial charge in [0.05, 0.1) is 21.5 Å². The Morgan fingerprint density at radius 3 is 2.89 bits per heavy atom. The summed E-state index contributed by atoms with van der Waals surface area (Å²) in [5, 5.41) is 14.0. The van der Waals surface area contributed by atoms with Gasteiger partial charge in [0.1, 0.15) is 11.5 Å². The number of nitrogens with zero attached hydrogens (tertiary/aromatic N) is 1. The molecular weight excluding hydrogens is 319 g/mol. The maximum absolute atomic E-state index is 13.5. The van der Waals surface area contributed by atoms with Crippen molar-refractivity contribution in [3.05, 3.63) is 32.5 Å². The van der Waals surface area contributed by atoms with Gasteiger partial charge >= 0.3 is 0 Å². The van der Waals surface area contributed by atoms with Crippen molar-refractivity contribution < 1.29 is 14.1 Å². The zero-order chi connectivity index (χ0) is 14.0. The third-order valence-electron chi connectivity index (χ3n) is 3.33. The number of hydrogen-bond donors (Lipinski definition) is 1. The van der Waals surface area contributed by atoms with E-state index in [0.29, 0.717) is 0 Å². The quantitative estimate of drug-likeness (QED) is 0.677. The Morgan fingerprint density at radius 2 is 2.26 bits per heavy atom. The van der Waals surface area contributed by atoms with E-state index in [2.05, 4.69) is 21.2 Å². The molecule has 0 radical (unpaired) electrons. The molecule has 1 aromatic rings. The van der Waals surface area contributed by atoms with Gasteiger partial charge in [-0.15, -0.1) is 0 Å². The molecule has 5 nitrogen and oxygen atoms in total. The summed E-state index contributed by atoms with van der Waals surface area (Å²) in [6, 6.07) is 2.30. The van der Waals surface area contributed by atoms with Crippen molar-refractivity contribution in [2.75, 3.05) is 12.4 Å². The zero-order valence-electron chi connectivity index (χ0n) is 10.4. The molecule has 0 aliphatic heterocycles. The summed E-state index contributed by atoms with van der Waals surface area (Å²) in [5.74, 6) is -0.528. The third-order valence-corrected chi connectivity index (χ3v) is 3.94. The molecule has 1 aliphatic carbocycles. The molecule has 2 atom stereocenters. The highest BCUT2D eigenvalue weighted by Crippen LogP contribution is 2.33. The molecule has 0 aromatic heterocycles. The number of nitrogens with one attached hydrogen (secondary N) is 1. The smallest absolute Gasteiger partial charge is 0.293 e. The Bertz CT molecular complexity index is 498. The monoisotopic (exact) mass is 332 g/mol. The first-order valence-corrected chi connectivity index (χ1v) is 6.75. The van der Waals surface area contributed by atoms with E-state index in [-0.39, 0.29) is 28.0 Å². The van der Waals surface area contributed by atoms with Crippen LogP contribution in [0.5, 0.6) is 0 Å². The lowest BCUT2D eigenvalue weighted by Crippen LogP contribution is -2.30. The average molecular weight is 333 g/mol. The van der Waals surface area contributed by atoms with Crippen LogP contribution in [0.3, 0.4) is 0 Å². The summed E-state index contributed by atoms with van der Waals surface area (Å²) in [5.41, 5.74) is 0.0506. The fourth-order valence-electron chi connectivity index (χ4n) is 2.38. The summed E-state index contributed by atoms with van der Waals surface area (Å²) in [6.07, 6.45) is 2.75. The largest absolute Gasteiger partial charge is 0.379 e. The van der Waals surface area contributed by atoms with Crippen molar-refractivity contribution in [1.29, 1.82) is 0 Å². The maximum Gasteiger partial charge on any atom is 0.293 e. The van der Waals surface area contributed by atoms with Crippen LogP contribution in [0.1, 0.15) is 19.3 Å². The molecule has 0 heterocycles. The van der Waals surface area contributed by atoms with Crippen LogP contribution in [-0.4, -0.2) is 24.2 Å². The van der Waals surface area contributed by atoms with E-state index in [1.54, 1.807) is 7.11 Å². The standard InChI is InChI=1S/C12H14BrFN2O3/c1-19-12-4-2-3-9(12)15-10-6-8(14)7(13)5-11(10)16(17)18/h5-6,9,12,15H,2-4H2,1H3. The van der Waals surface area contributed by atoms with Crippen molar-refractivity contribution >= 4 is 27.3 Å². The third kappa shape index (κ3) is 3.03. The van der Waals surface area contributed by atoms with Crippen molar-refractivity contribution in [1.82, 2.24) is 0 Å². The minimum Gasteiger partial charge on any atom is -0.379 e. The SMILES string of the molecule is COC1CCCC1Nc1cc(F)c(Br)cc1[N+](=O)[O-]. The topological polar surface area (TPSA) is 64.4 Å². The molecule has 1 aromatic carbocycles. The molecule has 19 heavy (non-hydrogen) atoms. The number of hydrogen-bond acceptors (Lipinski definition) is 4. The van der Waals surface area contributed by atoms with E-state index in [1.807, 2.05) is 0 Å². The molecule has 104 valence electrons. The second kappa shape index (κ2) is 5.83. The van der Waals surface area contributed by atoms with E-state index in [9.17, 15) is 14.5 Å². The second-order valence-corrected chi connectivity index (χ2v) is 5.35. The first-order valence-electron chi connectivity index (χ1n) is 5.95. The fraction of sp³-hybridized carbons (Fsp3) is 0.500. The summed E-state index contributed by atoms with van der Waals surface area (Å²) < 4.78 is 18.9. The van der Waals surface area contributed by atoms with E-state index < -0.39 is 10.7 Å². The van der Waals surface area contributed by atoms with Crippen LogP contribution in [0.15, 0.2) is 16.6 Å². The number of benzene rings is 1. The molecule has 1 fully saturated rings. The Morgan fingerprint density at radius 1 is 1.53 bits per heavy atom. The molecule has 1 saturated carbocycles. The Balaban J connectivity index is 2.28. The molecule has 0 amide bonds. The number of methoxy groups -OCH3 is 1. The highest BCUT2D eigenvalue weighted by Gasteiger charge is 2.29.